The lowest BCUT2D eigenvalue weighted by molar-refractivity contribution is 0.0914. The molecular formula is C18H28N4O3. The van der Waals surface area contributed by atoms with E-state index in [2.05, 4.69) is 15.2 Å². The highest BCUT2D eigenvalue weighted by molar-refractivity contribution is 5.80. The monoisotopic (exact) mass is 348 g/mol. The Morgan fingerprint density at radius 2 is 1.88 bits per heavy atom. The highest BCUT2D eigenvalue weighted by Gasteiger charge is 2.23. The Kier molecular flexibility index (Phi) is 7.37. The molecule has 138 valence electrons. The van der Waals surface area contributed by atoms with E-state index < -0.39 is 0 Å². The fourth-order valence-electron chi connectivity index (χ4n) is 2.69. The summed E-state index contributed by atoms with van der Waals surface area (Å²) in [5, 5.41) is 3.31. The van der Waals surface area contributed by atoms with Crippen LogP contribution in [-0.4, -0.2) is 74.8 Å². The number of carbonyl (C=O) groups excluding carboxylic acids is 1. The number of carbonyl (C=O) groups is 1. The second-order valence-electron chi connectivity index (χ2n) is 5.76. The molecular weight excluding hydrogens is 320 g/mol. The normalized spacial score (nSPS) is 15.1. The first-order valence-corrected chi connectivity index (χ1v) is 8.71. The van der Waals surface area contributed by atoms with Gasteiger partial charge in [-0.05, 0) is 25.5 Å². The van der Waals surface area contributed by atoms with Crippen LogP contribution >= 0.6 is 0 Å². The third kappa shape index (κ3) is 5.55. The third-order valence-electron chi connectivity index (χ3n) is 4.05. The lowest BCUT2D eigenvalue weighted by atomic mass is 10.2. The fraction of sp³-hybridized carbons (Fsp3) is 0.556. The van der Waals surface area contributed by atoms with Gasteiger partial charge in [-0.3, -0.25) is 4.99 Å². The van der Waals surface area contributed by atoms with Crippen LogP contribution < -0.4 is 10.1 Å². The largest absolute Gasteiger partial charge is 0.491 e. The number of rotatable bonds is 5. The second-order valence-corrected chi connectivity index (χ2v) is 5.76. The van der Waals surface area contributed by atoms with E-state index in [0.29, 0.717) is 32.8 Å². The summed E-state index contributed by atoms with van der Waals surface area (Å²) in [7, 11) is 1.77. The van der Waals surface area contributed by atoms with Gasteiger partial charge >= 0.3 is 6.09 Å². The van der Waals surface area contributed by atoms with E-state index in [1.807, 2.05) is 38.1 Å². The van der Waals surface area contributed by atoms with E-state index in [1.165, 1.54) is 0 Å². The molecule has 1 N–H and O–H groups in total. The molecule has 0 bridgehead atoms. The zero-order chi connectivity index (χ0) is 18.1. The second kappa shape index (κ2) is 9.76. The van der Waals surface area contributed by atoms with Gasteiger partial charge in [-0.25, -0.2) is 4.79 Å². The summed E-state index contributed by atoms with van der Waals surface area (Å²) in [5.41, 5.74) is 1.13. The molecule has 0 aliphatic carbocycles. The van der Waals surface area contributed by atoms with Crippen molar-refractivity contribution in [2.45, 2.75) is 13.8 Å². The maximum atomic E-state index is 11.7. The van der Waals surface area contributed by atoms with Gasteiger partial charge in [-0.2, -0.15) is 0 Å². The van der Waals surface area contributed by atoms with E-state index in [1.54, 1.807) is 11.9 Å². The molecule has 1 fully saturated rings. The molecule has 0 unspecified atom stereocenters. The zero-order valence-corrected chi connectivity index (χ0v) is 15.3. The van der Waals surface area contributed by atoms with Crippen LogP contribution in [0, 0.1) is 6.92 Å². The van der Waals surface area contributed by atoms with Crippen molar-refractivity contribution in [3.8, 4) is 5.75 Å². The minimum absolute atomic E-state index is 0.239. The molecule has 7 heteroatoms. The number of guanidine groups is 1. The van der Waals surface area contributed by atoms with E-state index in [-0.39, 0.29) is 6.09 Å². The van der Waals surface area contributed by atoms with Gasteiger partial charge in [0, 0.05) is 33.2 Å². The van der Waals surface area contributed by atoms with Gasteiger partial charge in [-0.15, -0.1) is 0 Å². The van der Waals surface area contributed by atoms with Crippen LogP contribution in [0.2, 0.25) is 0 Å². The molecule has 1 amide bonds. The molecule has 0 saturated carbocycles. The number of piperazine rings is 1. The molecule has 7 nitrogen and oxygen atoms in total. The van der Waals surface area contributed by atoms with Gasteiger partial charge in [0.2, 0.25) is 0 Å². The predicted octanol–water partition coefficient (Wildman–Crippen LogP) is 1.72. The van der Waals surface area contributed by atoms with Crippen molar-refractivity contribution < 1.29 is 14.3 Å². The number of aliphatic imine (C=N–C) groups is 1. The van der Waals surface area contributed by atoms with Gasteiger partial charge in [0.1, 0.15) is 12.4 Å². The van der Waals surface area contributed by atoms with Crippen LogP contribution in [0.15, 0.2) is 29.3 Å². The summed E-state index contributed by atoms with van der Waals surface area (Å²) in [6, 6.07) is 7.97. The van der Waals surface area contributed by atoms with Crippen molar-refractivity contribution in [3.05, 3.63) is 29.8 Å². The third-order valence-corrected chi connectivity index (χ3v) is 4.05. The number of hydrogen-bond acceptors (Lipinski definition) is 4. The van der Waals surface area contributed by atoms with Crippen LogP contribution in [-0.2, 0) is 4.74 Å². The number of ether oxygens (including phenoxy) is 2. The Hall–Kier alpha value is -2.44. The predicted molar refractivity (Wildman–Crippen MR) is 98.2 cm³/mol. The van der Waals surface area contributed by atoms with Crippen molar-refractivity contribution in [1.29, 1.82) is 0 Å². The summed E-state index contributed by atoms with van der Waals surface area (Å²) in [6.45, 7) is 8.23. The van der Waals surface area contributed by atoms with Crippen LogP contribution in [0.5, 0.6) is 5.75 Å². The molecule has 1 aliphatic heterocycles. The molecule has 1 heterocycles. The summed E-state index contributed by atoms with van der Waals surface area (Å²) in [5.74, 6) is 1.74. The van der Waals surface area contributed by atoms with Crippen LogP contribution in [0.25, 0.3) is 0 Å². The molecule has 0 atom stereocenters. The van der Waals surface area contributed by atoms with Gasteiger partial charge in [-0.1, -0.05) is 18.2 Å². The Morgan fingerprint density at radius 3 is 2.52 bits per heavy atom. The minimum atomic E-state index is -0.239. The Morgan fingerprint density at radius 1 is 1.20 bits per heavy atom. The van der Waals surface area contributed by atoms with Crippen molar-refractivity contribution in [3.63, 3.8) is 0 Å². The number of nitrogens with one attached hydrogen (secondary N) is 1. The zero-order valence-electron chi connectivity index (χ0n) is 15.3. The molecule has 0 radical (unpaired) electrons. The van der Waals surface area contributed by atoms with Crippen molar-refractivity contribution in [1.82, 2.24) is 15.1 Å². The minimum Gasteiger partial charge on any atom is -0.491 e. The number of hydrogen-bond donors (Lipinski definition) is 1. The summed E-state index contributed by atoms with van der Waals surface area (Å²) >= 11 is 0. The average Bonchev–Trinajstić information content (AvgIpc) is 2.63. The van der Waals surface area contributed by atoms with Gasteiger partial charge in [0.05, 0.1) is 13.2 Å². The number of para-hydroxylation sites is 1. The van der Waals surface area contributed by atoms with Crippen LogP contribution in [0.1, 0.15) is 12.5 Å². The quantitative estimate of drug-likeness (QED) is 0.499. The molecule has 1 aliphatic rings. The maximum absolute atomic E-state index is 11.7. The average molecular weight is 348 g/mol. The van der Waals surface area contributed by atoms with Crippen molar-refractivity contribution in [2.24, 2.45) is 4.99 Å². The first-order valence-electron chi connectivity index (χ1n) is 8.71. The SMILES string of the molecule is CCOC(=O)N1CCN(C(=NC)NCCOc2ccccc2C)CC1. The van der Waals surface area contributed by atoms with E-state index >= 15 is 0 Å². The van der Waals surface area contributed by atoms with E-state index in [9.17, 15) is 4.79 Å². The number of benzene rings is 1. The number of aryl methyl sites for hydroxylation is 1. The van der Waals surface area contributed by atoms with Gasteiger partial charge in [0.25, 0.3) is 0 Å². The molecule has 0 aromatic heterocycles. The van der Waals surface area contributed by atoms with E-state index in [0.717, 1.165) is 30.4 Å². The topological polar surface area (TPSA) is 66.4 Å². The smallest absolute Gasteiger partial charge is 0.409 e. The van der Waals surface area contributed by atoms with Crippen LogP contribution in [0.3, 0.4) is 0 Å². The lowest BCUT2D eigenvalue weighted by Crippen LogP contribution is -2.54. The van der Waals surface area contributed by atoms with Crippen LogP contribution in [0.4, 0.5) is 4.79 Å². The summed E-state index contributed by atoms with van der Waals surface area (Å²) < 4.78 is 10.8. The Balaban J connectivity index is 1.72. The lowest BCUT2D eigenvalue weighted by Gasteiger charge is -2.35. The number of nitrogens with zero attached hydrogens (tertiary/aromatic N) is 3. The summed E-state index contributed by atoms with van der Waals surface area (Å²) in [6.07, 6.45) is -0.239. The van der Waals surface area contributed by atoms with Gasteiger partial charge in [0.15, 0.2) is 5.96 Å². The van der Waals surface area contributed by atoms with E-state index in [4.69, 9.17) is 9.47 Å². The molecule has 1 aromatic rings. The molecule has 25 heavy (non-hydrogen) atoms. The molecule has 1 aromatic carbocycles. The van der Waals surface area contributed by atoms with Gasteiger partial charge < -0.3 is 24.6 Å². The standard InChI is InChI=1S/C18H28N4O3/c1-4-24-18(23)22-12-10-21(11-13-22)17(19-3)20-9-14-25-16-8-6-5-7-15(16)2/h5-8H,4,9-14H2,1-3H3,(H,19,20). The number of amides is 1. The first-order chi connectivity index (χ1) is 12.2. The highest BCUT2D eigenvalue weighted by atomic mass is 16.6. The molecule has 0 spiro atoms. The van der Waals surface area contributed by atoms with Crippen molar-refractivity contribution in [2.75, 3.05) is 53.0 Å². The Labute approximate surface area is 149 Å². The summed E-state index contributed by atoms with van der Waals surface area (Å²) in [4.78, 5) is 19.9. The van der Waals surface area contributed by atoms with Crippen molar-refractivity contribution >= 4 is 12.1 Å². The highest BCUT2D eigenvalue weighted by Crippen LogP contribution is 2.15. The maximum Gasteiger partial charge on any atom is 0.409 e. The fourth-order valence-corrected chi connectivity index (χ4v) is 2.69. The molecule has 2 rings (SSSR count). The Bertz CT molecular complexity index is 583. The molecule has 1 saturated heterocycles. The first kappa shape index (κ1) is 18.9.